The topological polar surface area (TPSA) is 12.0 Å². The first-order valence-corrected chi connectivity index (χ1v) is 5.51. The van der Waals surface area contributed by atoms with Gasteiger partial charge in [0, 0.05) is 12.0 Å². The first kappa shape index (κ1) is 10.3. The van der Waals surface area contributed by atoms with Crippen molar-refractivity contribution < 1.29 is 0 Å². The lowest BCUT2D eigenvalue weighted by atomic mass is 10.0. The molecule has 0 saturated carbocycles. The highest BCUT2D eigenvalue weighted by Crippen LogP contribution is 2.24. The molecule has 1 N–H and O–H groups in total. The fraction of sp³-hybridized carbons (Fsp3) is 0.231. The maximum absolute atomic E-state index is 6.08. The van der Waals surface area contributed by atoms with Crippen LogP contribution < -0.4 is 5.32 Å². The zero-order chi connectivity index (χ0) is 10.7. The average molecular weight is 220 g/mol. The van der Waals surface area contributed by atoms with Gasteiger partial charge in [0.2, 0.25) is 0 Å². The summed E-state index contributed by atoms with van der Waals surface area (Å²) >= 11 is 6.08. The third-order valence-corrected chi connectivity index (χ3v) is 2.94. The molecular formula is C13H14ClN. The van der Waals surface area contributed by atoms with E-state index in [-0.39, 0.29) is 0 Å². The van der Waals surface area contributed by atoms with Crippen LogP contribution in [0.15, 0.2) is 48.6 Å². The Labute approximate surface area is 95.5 Å². The summed E-state index contributed by atoms with van der Waals surface area (Å²) in [7, 11) is 0. The molecule has 15 heavy (non-hydrogen) atoms. The number of anilines is 1. The van der Waals surface area contributed by atoms with Crippen molar-refractivity contribution in [2.24, 2.45) is 5.92 Å². The van der Waals surface area contributed by atoms with Crippen LogP contribution in [0.3, 0.4) is 0 Å². The van der Waals surface area contributed by atoms with Gasteiger partial charge in [-0.15, -0.1) is 0 Å². The molecule has 1 aromatic carbocycles. The van der Waals surface area contributed by atoms with E-state index in [9.17, 15) is 0 Å². The minimum Gasteiger partial charge on any atom is -0.380 e. The van der Waals surface area contributed by atoms with E-state index in [0.717, 1.165) is 10.7 Å². The van der Waals surface area contributed by atoms with E-state index < -0.39 is 0 Å². The molecule has 0 fully saturated rings. The second-order valence-electron chi connectivity index (χ2n) is 3.76. The molecule has 1 unspecified atom stereocenters. The minimum absolute atomic E-state index is 0.361. The number of hydrogen-bond acceptors (Lipinski definition) is 1. The van der Waals surface area contributed by atoms with E-state index in [4.69, 9.17) is 11.6 Å². The molecule has 0 saturated heterocycles. The normalized spacial score (nSPS) is 16.9. The van der Waals surface area contributed by atoms with Crippen molar-refractivity contribution in [2.75, 3.05) is 5.32 Å². The first-order valence-electron chi connectivity index (χ1n) is 5.13. The molecule has 1 aromatic rings. The van der Waals surface area contributed by atoms with E-state index in [1.807, 2.05) is 24.3 Å². The lowest BCUT2D eigenvalue weighted by Crippen LogP contribution is -2.22. The van der Waals surface area contributed by atoms with Gasteiger partial charge in [-0.25, -0.2) is 0 Å². The Morgan fingerprint density at radius 2 is 1.87 bits per heavy atom. The van der Waals surface area contributed by atoms with Crippen molar-refractivity contribution >= 4 is 17.3 Å². The van der Waals surface area contributed by atoms with Crippen molar-refractivity contribution in [1.82, 2.24) is 0 Å². The van der Waals surface area contributed by atoms with Crippen LogP contribution in [0.1, 0.15) is 6.92 Å². The van der Waals surface area contributed by atoms with Gasteiger partial charge in [0.25, 0.3) is 0 Å². The number of allylic oxidation sites excluding steroid dienone is 2. The van der Waals surface area contributed by atoms with Gasteiger partial charge in [-0.2, -0.15) is 0 Å². The van der Waals surface area contributed by atoms with E-state index in [1.54, 1.807) is 0 Å². The van der Waals surface area contributed by atoms with Crippen molar-refractivity contribution in [3.05, 3.63) is 53.6 Å². The zero-order valence-corrected chi connectivity index (χ0v) is 9.41. The van der Waals surface area contributed by atoms with Crippen molar-refractivity contribution in [1.29, 1.82) is 0 Å². The van der Waals surface area contributed by atoms with Crippen molar-refractivity contribution in [3.8, 4) is 0 Å². The van der Waals surface area contributed by atoms with E-state index in [1.165, 1.54) is 0 Å². The largest absolute Gasteiger partial charge is 0.380 e. The van der Waals surface area contributed by atoms with E-state index in [2.05, 4.69) is 36.5 Å². The Hall–Kier alpha value is -1.21. The highest BCUT2D eigenvalue weighted by molar-refractivity contribution is 6.33. The number of halogens is 1. The molecule has 0 radical (unpaired) electrons. The second kappa shape index (κ2) is 4.54. The van der Waals surface area contributed by atoms with Gasteiger partial charge < -0.3 is 5.32 Å². The monoisotopic (exact) mass is 219 g/mol. The van der Waals surface area contributed by atoms with Crippen LogP contribution in [-0.4, -0.2) is 6.04 Å². The Kier molecular flexibility index (Phi) is 3.12. The van der Waals surface area contributed by atoms with Crippen LogP contribution in [-0.2, 0) is 0 Å². The Morgan fingerprint density at radius 3 is 2.53 bits per heavy atom. The molecule has 78 valence electrons. The van der Waals surface area contributed by atoms with Crippen LogP contribution in [0.5, 0.6) is 0 Å². The predicted molar refractivity (Wildman–Crippen MR) is 66.3 cm³/mol. The molecule has 0 spiro atoms. The average Bonchev–Trinajstić information content (AvgIpc) is 2.74. The highest BCUT2D eigenvalue weighted by atomic mass is 35.5. The lowest BCUT2D eigenvalue weighted by Gasteiger charge is -2.19. The molecule has 0 amide bonds. The maximum atomic E-state index is 6.08. The summed E-state index contributed by atoms with van der Waals surface area (Å²) in [6.45, 7) is 2.16. The van der Waals surface area contributed by atoms with E-state index >= 15 is 0 Å². The predicted octanol–water partition coefficient (Wildman–Crippen LogP) is 3.88. The fourth-order valence-corrected chi connectivity index (χ4v) is 1.89. The molecule has 2 rings (SSSR count). The van der Waals surface area contributed by atoms with Gasteiger partial charge >= 0.3 is 0 Å². The Balaban J connectivity index is 2.05. The number of benzene rings is 1. The zero-order valence-electron chi connectivity index (χ0n) is 8.65. The van der Waals surface area contributed by atoms with Crippen molar-refractivity contribution in [3.63, 3.8) is 0 Å². The van der Waals surface area contributed by atoms with Crippen LogP contribution in [0, 0.1) is 5.92 Å². The fourth-order valence-electron chi connectivity index (χ4n) is 1.70. The maximum Gasteiger partial charge on any atom is 0.0637 e. The first-order chi connectivity index (χ1) is 7.27. The van der Waals surface area contributed by atoms with Gasteiger partial charge in [-0.05, 0) is 19.1 Å². The van der Waals surface area contributed by atoms with Gasteiger partial charge in [0.05, 0.1) is 10.7 Å². The van der Waals surface area contributed by atoms with Gasteiger partial charge in [-0.3, -0.25) is 0 Å². The standard InChI is InChI=1S/C13H14ClN/c1-10(11-6-2-3-7-11)15-13-9-5-4-8-12(13)14/h2-11,15H,1H3. The quantitative estimate of drug-likeness (QED) is 0.814. The third-order valence-electron chi connectivity index (χ3n) is 2.61. The third kappa shape index (κ3) is 2.42. The van der Waals surface area contributed by atoms with E-state index in [0.29, 0.717) is 12.0 Å². The summed E-state index contributed by atoms with van der Waals surface area (Å²) in [5.74, 6) is 0.460. The molecule has 1 nitrogen and oxygen atoms in total. The summed E-state index contributed by atoms with van der Waals surface area (Å²) in [6.07, 6.45) is 8.54. The molecular weight excluding hydrogens is 206 g/mol. The Morgan fingerprint density at radius 1 is 1.20 bits per heavy atom. The summed E-state index contributed by atoms with van der Waals surface area (Å²) < 4.78 is 0. The van der Waals surface area contributed by atoms with Crippen LogP contribution in [0.25, 0.3) is 0 Å². The number of nitrogens with one attached hydrogen (secondary N) is 1. The Bertz CT molecular complexity index is 383. The summed E-state index contributed by atoms with van der Waals surface area (Å²) in [6, 6.07) is 8.19. The molecule has 1 aliphatic carbocycles. The van der Waals surface area contributed by atoms with Gasteiger partial charge in [-0.1, -0.05) is 48.0 Å². The lowest BCUT2D eigenvalue weighted by molar-refractivity contribution is 0.683. The van der Waals surface area contributed by atoms with Crippen LogP contribution in [0.2, 0.25) is 5.02 Å². The molecule has 1 atom stereocenters. The summed E-state index contributed by atoms with van der Waals surface area (Å²) in [5.41, 5.74) is 1.00. The molecule has 0 aliphatic heterocycles. The molecule has 1 aliphatic rings. The van der Waals surface area contributed by atoms with Crippen molar-refractivity contribution in [2.45, 2.75) is 13.0 Å². The summed E-state index contributed by atoms with van der Waals surface area (Å²) in [4.78, 5) is 0. The SMILES string of the molecule is CC(Nc1ccccc1Cl)C1C=CC=C1. The number of para-hydroxylation sites is 1. The molecule has 2 heteroatoms. The molecule has 0 bridgehead atoms. The molecule has 0 aromatic heterocycles. The minimum atomic E-state index is 0.361. The summed E-state index contributed by atoms with van der Waals surface area (Å²) in [5, 5.41) is 4.19. The van der Waals surface area contributed by atoms with Crippen LogP contribution in [0.4, 0.5) is 5.69 Å². The number of hydrogen-bond donors (Lipinski definition) is 1. The van der Waals surface area contributed by atoms with Crippen LogP contribution >= 0.6 is 11.6 Å². The second-order valence-corrected chi connectivity index (χ2v) is 4.17. The van der Waals surface area contributed by atoms with Gasteiger partial charge in [0.1, 0.15) is 0 Å². The molecule has 0 heterocycles. The van der Waals surface area contributed by atoms with Gasteiger partial charge in [0.15, 0.2) is 0 Å². The smallest absolute Gasteiger partial charge is 0.0637 e. The number of rotatable bonds is 3. The highest BCUT2D eigenvalue weighted by Gasteiger charge is 2.13.